The van der Waals surface area contributed by atoms with Crippen LogP contribution in [0.5, 0.6) is 0 Å². The number of rotatable bonds is 8. The molecule has 0 aliphatic heterocycles. The molecule has 0 unspecified atom stereocenters. The molecule has 0 aliphatic rings. The zero-order chi connectivity index (χ0) is 20.1. The van der Waals surface area contributed by atoms with E-state index in [4.69, 9.17) is 4.42 Å². The van der Waals surface area contributed by atoms with E-state index in [-0.39, 0.29) is 22.7 Å². The lowest BCUT2D eigenvalue weighted by molar-refractivity contribution is 0.0696. The van der Waals surface area contributed by atoms with E-state index >= 15 is 0 Å². The zero-order valence-electron chi connectivity index (χ0n) is 15.1. The minimum absolute atomic E-state index is 0.115. The highest BCUT2D eigenvalue weighted by Crippen LogP contribution is 2.26. The van der Waals surface area contributed by atoms with Gasteiger partial charge in [0.2, 0.25) is 10.0 Å². The summed E-state index contributed by atoms with van der Waals surface area (Å²) in [5, 5.41) is 12.3. The third-order valence-electron chi connectivity index (χ3n) is 4.18. The summed E-state index contributed by atoms with van der Waals surface area (Å²) in [5.74, 6) is -0.582. The number of sulfonamides is 1. The molecule has 0 aliphatic carbocycles. The molecule has 1 aromatic heterocycles. The first-order chi connectivity index (χ1) is 13.4. The van der Waals surface area contributed by atoms with Crippen LogP contribution in [0, 0.1) is 0 Å². The highest BCUT2D eigenvalue weighted by molar-refractivity contribution is 7.89. The van der Waals surface area contributed by atoms with Gasteiger partial charge in [-0.15, -0.1) is 0 Å². The predicted molar refractivity (Wildman–Crippen MR) is 105 cm³/mol. The van der Waals surface area contributed by atoms with Crippen LogP contribution in [0.2, 0.25) is 0 Å². The number of hydrogen-bond donors (Lipinski definition) is 3. The molecule has 0 fully saturated rings. The Morgan fingerprint density at radius 1 is 1.11 bits per heavy atom. The maximum absolute atomic E-state index is 13.0. The largest absolute Gasteiger partial charge is 0.478 e. The van der Waals surface area contributed by atoms with Crippen molar-refractivity contribution in [3.63, 3.8) is 0 Å². The average molecular weight is 400 g/mol. The van der Waals surface area contributed by atoms with Crippen molar-refractivity contribution in [3.05, 3.63) is 83.8 Å². The van der Waals surface area contributed by atoms with Gasteiger partial charge in [0.15, 0.2) is 0 Å². The number of furan rings is 1. The van der Waals surface area contributed by atoms with E-state index in [2.05, 4.69) is 10.0 Å². The van der Waals surface area contributed by atoms with Gasteiger partial charge in [-0.25, -0.2) is 17.9 Å². The number of hydrogen-bond acceptors (Lipinski definition) is 5. The molecule has 0 saturated carbocycles. The van der Waals surface area contributed by atoms with E-state index < -0.39 is 22.0 Å². The molecule has 3 N–H and O–H groups in total. The molecule has 0 bridgehead atoms. The number of carbonyl (C=O) groups is 1. The highest BCUT2D eigenvalue weighted by Gasteiger charge is 2.23. The fraction of sp³-hybridized carbons (Fsp3) is 0.150. The van der Waals surface area contributed by atoms with E-state index in [1.165, 1.54) is 18.4 Å². The van der Waals surface area contributed by atoms with Crippen molar-refractivity contribution in [2.24, 2.45) is 0 Å². The van der Waals surface area contributed by atoms with Gasteiger partial charge in [0.25, 0.3) is 0 Å². The van der Waals surface area contributed by atoms with Crippen LogP contribution in [0.15, 0.2) is 76.2 Å². The fourth-order valence-corrected chi connectivity index (χ4v) is 4.17. The van der Waals surface area contributed by atoms with Crippen LogP contribution in [0.25, 0.3) is 0 Å². The zero-order valence-corrected chi connectivity index (χ0v) is 15.9. The van der Waals surface area contributed by atoms with Crippen LogP contribution >= 0.6 is 0 Å². The van der Waals surface area contributed by atoms with Crippen LogP contribution in [0.1, 0.15) is 34.6 Å². The van der Waals surface area contributed by atoms with Crippen LogP contribution in [-0.2, 0) is 16.6 Å². The predicted octanol–water partition coefficient (Wildman–Crippen LogP) is 3.63. The molecule has 1 heterocycles. The Morgan fingerprint density at radius 2 is 1.86 bits per heavy atom. The summed E-state index contributed by atoms with van der Waals surface area (Å²) in [6.45, 7) is 1.99. The molecule has 0 radical (unpaired) electrons. The standard InChI is InChI=1S/C20H20N2O5S/c1-14(15-6-3-2-4-7-15)22-28(25,26)19-12-16(20(23)24)9-10-18(19)21-13-17-8-5-11-27-17/h2-12,14,21-22H,13H2,1H3,(H,23,24)/t14-/m1/s1. The first kappa shape index (κ1) is 19.7. The number of carboxylic acid groups (broad SMARTS) is 1. The van der Waals surface area contributed by atoms with Crippen molar-refractivity contribution >= 4 is 21.7 Å². The minimum Gasteiger partial charge on any atom is -0.478 e. The Balaban J connectivity index is 1.91. The topological polar surface area (TPSA) is 109 Å². The molecule has 7 nitrogen and oxygen atoms in total. The molecular formula is C20H20N2O5S. The van der Waals surface area contributed by atoms with E-state index in [9.17, 15) is 18.3 Å². The summed E-state index contributed by atoms with van der Waals surface area (Å²) in [5.41, 5.74) is 0.969. The van der Waals surface area contributed by atoms with E-state index in [0.717, 1.165) is 11.6 Å². The van der Waals surface area contributed by atoms with Gasteiger partial charge < -0.3 is 14.8 Å². The van der Waals surface area contributed by atoms with Gasteiger partial charge in [-0.3, -0.25) is 0 Å². The van der Waals surface area contributed by atoms with Gasteiger partial charge in [-0.1, -0.05) is 30.3 Å². The van der Waals surface area contributed by atoms with Crippen molar-refractivity contribution < 1.29 is 22.7 Å². The molecule has 0 amide bonds. The summed E-state index contributed by atoms with van der Waals surface area (Å²) in [4.78, 5) is 11.2. The van der Waals surface area contributed by atoms with Gasteiger partial charge in [-0.05, 0) is 42.8 Å². The second-order valence-electron chi connectivity index (χ2n) is 6.20. The first-order valence-corrected chi connectivity index (χ1v) is 10.1. The lowest BCUT2D eigenvalue weighted by atomic mass is 10.1. The lowest BCUT2D eigenvalue weighted by Crippen LogP contribution is -2.28. The normalized spacial score (nSPS) is 12.5. The lowest BCUT2D eigenvalue weighted by Gasteiger charge is -2.17. The van der Waals surface area contributed by atoms with Crippen molar-refractivity contribution in [3.8, 4) is 0 Å². The molecule has 8 heteroatoms. The Kier molecular flexibility index (Phi) is 5.81. The van der Waals surface area contributed by atoms with Gasteiger partial charge in [0.1, 0.15) is 10.7 Å². The third kappa shape index (κ3) is 4.59. The van der Waals surface area contributed by atoms with Gasteiger partial charge in [0.05, 0.1) is 24.1 Å². The van der Waals surface area contributed by atoms with Crippen molar-refractivity contribution in [1.29, 1.82) is 0 Å². The van der Waals surface area contributed by atoms with E-state index in [0.29, 0.717) is 5.76 Å². The van der Waals surface area contributed by atoms with Crippen LogP contribution in [0.3, 0.4) is 0 Å². The van der Waals surface area contributed by atoms with Gasteiger partial charge in [-0.2, -0.15) is 0 Å². The van der Waals surface area contributed by atoms with Gasteiger partial charge in [0, 0.05) is 6.04 Å². The Bertz CT molecular complexity index is 1050. The summed E-state index contributed by atoms with van der Waals surface area (Å²) in [6, 6.07) is 16.0. The van der Waals surface area contributed by atoms with E-state index in [1.54, 1.807) is 19.1 Å². The highest BCUT2D eigenvalue weighted by atomic mass is 32.2. The average Bonchev–Trinajstić information content (AvgIpc) is 3.20. The first-order valence-electron chi connectivity index (χ1n) is 8.58. The maximum Gasteiger partial charge on any atom is 0.335 e. The Hall–Kier alpha value is -3.10. The summed E-state index contributed by atoms with van der Waals surface area (Å²) in [6.07, 6.45) is 1.52. The van der Waals surface area contributed by atoms with Crippen molar-refractivity contribution in [2.45, 2.75) is 24.4 Å². The van der Waals surface area contributed by atoms with Crippen LogP contribution in [0.4, 0.5) is 5.69 Å². The molecular weight excluding hydrogens is 380 g/mol. The van der Waals surface area contributed by atoms with Crippen molar-refractivity contribution in [2.75, 3.05) is 5.32 Å². The van der Waals surface area contributed by atoms with Crippen LogP contribution in [-0.4, -0.2) is 19.5 Å². The van der Waals surface area contributed by atoms with Crippen LogP contribution < -0.4 is 10.0 Å². The summed E-state index contributed by atoms with van der Waals surface area (Å²) < 4.78 is 33.9. The quantitative estimate of drug-likeness (QED) is 0.533. The summed E-state index contributed by atoms with van der Waals surface area (Å²) in [7, 11) is -3.99. The molecule has 28 heavy (non-hydrogen) atoms. The monoisotopic (exact) mass is 400 g/mol. The molecule has 146 valence electrons. The molecule has 0 spiro atoms. The number of carboxylic acids is 1. The second-order valence-corrected chi connectivity index (χ2v) is 7.89. The molecule has 3 rings (SSSR count). The fourth-order valence-electron chi connectivity index (χ4n) is 2.73. The maximum atomic E-state index is 13.0. The third-order valence-corrected chi connectivity index (χ3v) is 5.76. The number of aromatic carboxylic acids is 1. The Morgan fingerprint density at radius 3 is 2.50 bits per heavy atom. The molecule has 0 saturated heterocycles. The molecule has 3 aromatic rings. The smallest absolute Gasteiger partial charge is 0.335 e. The van der Waals surface area contributed by atoms with E-state index in [1.807, 2.05) is 30.3 Å². The molecule has 1 atom stereocenters. The minimum atomic E-state index is -3.99. The van der Waals surface area contributed by atoms with Gasteiger partial charge >= 0.3 is 5.97 Å². The Labute approximate surface area is 163 Å². The van der Waals surface area contributed by atoms with Crippen molar-refractivity contribution in [1.82, 2.24) is 4.72 Å². The summed E-state index contributed by atoms with van der Waals surface area (Å²) >= 11 is 0. The molecule has 2 aromatic carbocycles. The number of anilines is 1. The SMILES string of the molecule is C[C@@H](NS(=O)(=O)c1cc(C(=O)O)ccc1NCc1ccco1)c1ccccc1. The number of nitrogens with one attached hydrogen (secondary N) is 2. The second kappa shape index (κ2) is 8.28. The number of benzene rings is 2.